The van der Waals surface area contributed by atoms with Gasteiger partial charge < -0.3 is 26.2 Å². The van der Waals surface area contributed by atoms with E-state index in [1.807, 2.05) is 12.1 Å². The third kappa shape index (κ3) is 5.28. The highest BCUT2D eigenvalue weighted by Crippen LogP contribution is 2.26. The van der Waals surface area contributed by atoms with E-state index in [0.29, 0.717) is 34.5 Å². The van der Waals surface area contributed by atoms with Crippen LogP contribution in [0.2, 0.25) is 5.02 Å². The Morgan fingerprint density at radius 3 is 2.68 bits per heavy atom. The molecule has 3 heterocycles. The number of nitrogen functional groups attached to an aromatic ring is 1. The van der Waals surface area contributed by atoms with Crippen molar-refractivity contribution >= 4 is 34.6 Å². The summed E-state index contributed by atoms with van der Waals surface area (Å²) in [6.07, 6.45) is 5.81. The Balaban J connectivity index is 1.62. The molecule has 0 unspecified atom stereocenters. The van der Waals surface area contributed by atoms with Gasteiger partial charge in [-0.05, 0) is 44.0 Å². The number of nitrogens with zero attached hydrogens (tertiary/aromatic N) is 5. The monoisotopic (exact) mass is 483 g/mol. The summed E-state index contributed by atoms with van der Waals surface area (Å²) < 4.78 is 14.1. The molecule has 0 radical (unpaired) electrons. The molecule has 1 aromatic heterocycles. The number of amidine groups is 1. The molecule has 9 heteroatoms. The molecule has 2 aromatic rings. The van der Waals surface area contributed by atoms with Crippen molar-refractivity contribution in [2.24, 2.45) is 10.7 Å². The van der Waals surface area contributed by atoms with Crippen molar-refractivity contribution < 1.29 is 4.39 Å². The molecule has 4 N–H and O–H groups in total. The second-order valence-electron chi connectivity index (χ2n) is 8.71. The van der Waals surface area contributed by atoms with E-state index in [9.17, 15) is 4.39 Å². The average molecular weight is 484 g/mol. The molecule has 0 saturated carbocycles. The maximum Gasteiger partial charge on any atom is 0.147 e. The number of likely N-dealkylation sites (tertiary alicyclic amines) is 1. The van der Waals surface area contributed by atoms with Gasteiger partial charge in [0, 0.05) is 62.3 Å². The lowest BCUT2D eigenvalue weighted by Crippen LogP contribution is -2.54. The van der Waals surface area contributed by atoms with Gasteiger partial charge in [-0.3, -0.25) is 0 Å². The third-order valence-electron chi connectivity index (χ3n) is 6.29. The topological polar surface area (TPSA) is 87.0 Å². The summed E-state index contributed by atoms with van der Waals surface area (Å²) in [5.41, 5.74) is 13.1. The molecule has 180 valence electrons. The van der Waals surface area contributed by atoms with E-state index in [1.54, 1.807) is 18.3 Å². The second kappa shape index (κ2) is 10.3. The molecule has 7 nitrogen and oxygen atoms in total. The zero-order valence-corrected chi connectivity index (χ0v) is 20.2. The number of halogens is 2. The van der Waals surface area contributed by atoms with Gasteiger partial charge in [-0.2, -0.15) is 0 Å². The van der Waals surface area contributed by atoms with Crippen LogP contribution in [0.1, 0.15) is 25.3 Å². The molecule has 2 aliphatic rings. The van der Waals surface area contributed by atoms with Crippen molar-refractivity contribution in [3.63, 3.8) is 0 Å². The lowest BCUT2D eigenvalue weighted by Gasteiger charge is -2.42. The summed E-state index contributed by atoms with van der Waals surface area (Å²) in [7, 11) is 0. The van der Waals surface area contributed by atoms with Crippen LogP contribution in [0.25, 0.3) is 5.70 Å². The summed E-state index contributed by atoms with van der Waals surface area (Å²) in [6.45, 7) is 10.4. The Morgan fingerprint density at radius 1 is 1.24 bits per heavy atom. The summed E-state index contributed by atoms with van der Waals surface area (Å²) in [5, 5.41) is 0.633. The van der Waals surface area contributed by atoms with Crippen LogP contribution in [0.3, 0.4) is 0 Å². The molecule has 1 atom stereocenters. The molecular formula is C25H31ClFN7. The molecule has 1 aromatic carbocycles. The smallest absolute Gasteiger partial charge is 0.147 e. The maximum absolute atomic E-state index is 14.1. The van der Waals surface area contributed by atoms with Gasteiger partial charge in [-0.1, -0.05) is 24.2 Å². The summed E-state index contributed by atoms with van der Waals surface area (Å²) in [5.74, 6) is 1.69. The number of aliphatic imine (C=N–C) groups is 1. The van der Waals surface area contributed by atoms with E-state index in [0.717, 1.165) is 44.8 Å². The second-order valence-corrected chi connectivity index (χ2v) is 9.12. The first-order valence-electron chi connectivity index (χ1n) is 11.5. The van der Waals surface area contributed by atoms with Crippen molar-refractivity contribution in [2.75, 3.05) is 43.4 Å². The first kappa shape index (κ1) is 23.9. The van der Waals surface area contributed by atoms with Gasteiger partial charge in [0.15, 0.2) is 0 Å². The fraction of sp³-hybridized carbons (Fsp3) is 0.360. The van der Waals surface area contributed by atoms with E-state index < -0.39 is 5.82 Å². The van der Waals surface area contributed by atoms with Gasteiger partial charge in [-0.15, -0.1) is 0 Å². The van der Waals surface area contributed by atoms with Crippen molar-refractivity contribution in [1.29, 1.82) is 0 Å². The van der Waals surface area contributed by atoms with Crippen LogP contribution in [0.15, 0.2) is 60.0 Å². The standard InChI is InChI=1S/C25H31ClFN7/c1-17-16-33(25-20(26)6-5-9-30-25)12-13-34(17)24(31-18(2)32-10-3-4-11-32)15-23(29)19-7-8-22(28)21(27)14-19/h5-9,14-15,17H,2-4,10-13,16,28-29H2,1H3/b23-15-,31-24?/t17-/m1/s1. The number of anilines is 2. The summed E-state index contributed by atoms with van der Waals surface area (Å²) in [4.78, 5) is 15.9. The zero-order chi connectivity index (χ0) is 24.2. The Morgan fingerprint density at radius 2 is 2.00 bits per heavy atom. The SMILES string of the molecule is C=C(N=C(/C=C(\N)c1ccc(N)c(F)c1)N1CCN(c2ncccc2Cl)C[C@H]1C)N1CCCC1. The Labute approximate surface area is 205 Å². The first-order chi connectivity index (χ1) is 16.3. The van der Waals surface area contributed by atoms with Crippen LogP contribution in [0, 0.1) is 5.82 Å². The molecule has 2 saturated heterocycles. The Kier molecular flexibility index (Phi) is 7.26. The highest BCUT2D eigenvalue weighted by molar-refractivity contribution is 6.32. The van der Waals surface area contributed by atoms with Crippen LogP contribution in [-0.2, 0) is 0 Å². The van der Waals surface area contributed by atoms with Gasteiger partial charge in [-0.25, -0.2) is 14.4 Å². The molecular weight excluding hydrogens is 453 g/mol. The minimum Gasteiger partial charge on any atom is -0.398 e. The molecule has 0 bridgehead atoms. The van der Waals surface area contributed by atoms with Crippen LogP contribution < -0.4 is 16.4 Å². The summed E-state index contributed by atoms with van der Waals surface area (Å²) >= 11 is 6.38. The third-order valence-corrected chi connectivity index (χ3v) is 6.59. The zero-order valence-electron chi connectivity index (χ0n) is 19.4. The maximum atomic E-state index is 14.1. The lowest BCUT2D eigenvalue weighted by atomic mass is 10.1. The molecule has 0 aliphatic carbocycles. The van der Waals surface area contributed by atoms with Gasteiger partial charge in [0.1, 0.15) is 23.3 Å². The van der Waals surface area contributed by atoms with Crippen LogP contribution in [0.4, 0.5) is 15.9 Å². The first-order valence-corrected chi connectivity index (χ1v) is 11.9. The van der Waals surface area contributed by atoms with Gasteiger partial charge in [0.2, 0.25) is 0 Å². The van der Waals surface area contributed by atoms with E-state index in [-0.39, 0.29) is 11.7 Å². The molecule has 2 fully saturated rings. The highest BCUT2D eigenvalue weighted by Gasteiger charge is 2.28. The minimum absolute atomic E-state index is 0.0887. The largest absolute Gasteiger partial charge is 0.398 e. The molecule has 0 spiro atoms. The molecule has 34 heavy (non-hydrogen) atoms. The van der Waals surface area contributed by atoms with Crippen LogP contribution >= 0.6 is 11.6 Å². The molecule has 0 amide bonds. The normalized spacial score (nSPS) is 19.6. The van der Waals surface area contributed by atoms with E-state index in [2.05, 4.69) is 33.2 Å². The van der Waals surface area contributed by atoms with Crippen LogP contribution in [-0.4, -0.2) is 59.4 Å². The van der Waals surface area contributed by atoms with Crippen molar-refractivity contribution in [3.8, 4) is 0 Å². The fourth-order valence-electron chi connectivity index (χ4n) is 4.39. The molecule has 2 aliphatic heterocycles. The predicted molar refractivity (Wildman–Crippen MR) is 138 cm³/mol. The van der Waals surface area contributed by atoms with E-state index >= 15 is 0 Å². The van der Waals surface area contributed by atoms with Gasteiger partial charge in [0.05, 0.1) is 10.7 Å². The number of rotatable bonds is 5. The predicted octanol–water partition coefficient (Wildman–Crippen LogP) is 3.93. The average Bonchev–Trinajstić information content (AvgIpc) is 3.36. The number of piperazine rings is 1. The Bertz CT molecular complexity index is 1110. The fourth-order valence-corrected chi connectivity index (χ4v) is 4.63. The lowest BCUT2D eigenvalue weighted by molar-refractivity contribution is 0.297. The quantitative estimate of drug-likeness (QED) is 0.380. The van der Waals surface area contributed by atoms with Crippen molar-refractivity contribution in [2.45, 2.75) is 25.8 Å². The highest BCUT2D eigenvalue weighted by atomic mass is 35.5. The number of hydrogen-bond acceptors (Lipinski definition) is 6. The number of benzene rings is 1. The van der Waals surface area contributed by atoms with Gasteiger partial charge >= 0.3 is 0 Å². The van der Waals surface area contributed by atoms with Crippen LogP contribution in [0.5, 0.6) is 0 Å². The number of hydrogen-bond donors (Lipinski definition) is 2. The molecule has 4 rings (SSSR count). The van der Waals surface area contributed by atoms with Crippen molar-refractivity contribution in [1.82, 2.24) is 14.8 Å². The van der Waals surface area contributed by atoms with E-state index in [4.69, 9.17) is 28.1 Å². The summed E-state index contributed by atoms with van der Waals surface area (Å²) in [6, 6.07) is 8.35. The Hall–Kier alpha value is -3.26. The number of nitrogens with two attached hydrogens (primary N) is 2. The van der Waals surface area contributed by atoms with Gasteiger partial charge in [0.25, 0.3) is 0 Å². The minimum atomic E-state index is -0.497. The number of aromatic nitrogens is 1. The van der Waals surface area contributed by atoms with Crippen molar-refractivity contribution in [3.05, 3.63) is 71.4 Å². The number of pyridine rings is 1. The van der Waals surface area contributed by atoms with E-state index in [1.165, 1.54) is 12.1 Å².